The summed E-state index contributed by atoms with van der Waals surface area (Å²) in [5.74, 6) is -0.168. The van der Waals surface area contributed by atoms with Crippen LogP contribution in [-0.2, 0) is 11.3 Å². The highest BCUT2D eigenvalue weighted by Gasteiger charge is 2.35. The van der Waals surface area contributed by atoms with E-state index in [0.29, 0.717) is 17.6 Å². The molecule has 0 aromatic carbocycles. The van der Waals surface area contributed by atoms with Gasteiger partial charge in [0.15, 0.2) is 0 Å². The molecule has 2 aliphatic rings. The minimum atomic E-state index is -0.364. The Morgan fingerprint density at radius 1 is 1.41 bits per heavy atom. The largest absolute Gasteiger partial charge is 0.366 e. The standard InChI is InChI=1S/C16H23N3O2S/c1-11(20)19(13-4-5-13)8-14-3-2-6-18(14)9-15-7-12(10-22-15)16(17)21/h7,10,13-14H,2-6,8-9H2,1H3,(H2,17,21). The lowest BCUT2D eigenvalue weighted by Crippen LogP contribution is -2.43. The maximum atomic E-state index is 11.8. The van der Waals surface area contributed by atoms with Gasteiger partial charge in [-0.2, -0.15) is 0 Å². The Morgan fingerprint density at radius 2 is 2.18 bits per heavy atom. The van der Waals surface area contributed by atoms with Crippen molar-refractivity contribution in [3.63, 3.8) is 0 Å². The third kappa shape index (κ3) is 3.50. The van der Waals surface area contributed by atoms with Crippen molar-refractivity contribution < 1.29 is 9.59 Å². The molecule has 2 fully saturated rings. The average molecular weight is 321 g/mol. The van der Waals surface area contributed by atoms with Crippen LogP contribution < -0.4 is 5.73 Å². The molecule has 22 heavy (non-hydrogen) atoms. The third-order valence-electron chi connectivity index (χ3n) is 4.60. The van der Waals surface area contributed by atoms with Crippen LogP contribution in [0.25, 0.3) is 0 Å². The van der Waals surface area contributed by atoms with Gasteiger partial charge in [-0.05, 0) is 38.3 Å². The van der Waals surface area contributed by atoms with Crippen molar-refractivity contribution in [1.82, 2.24) is 9.80 Å². The predicted octanol–water partition coefficient (Wildman–Crippen LogP) is 1.82. The van der Waals surface area contributed by atoms with Crippen LogP contribution in [0.3, 0.4) is 0 Å². The van der Waals surface area contributed by atoms with Crippen LogP contribution in [0.2, 0.25) is 0 Å². The Kier molecular flexibility index (Phi) is 4.49. The normalized spacial score (nSPS) is 22.0. The van der Waals surface area contributed by atoms with Gasteiger partial charge in [-0.25, -0.2) is 0 Å². The molecule has 120 valence electrons. The second-order valence-corrected chi connectivity index (χ2v) is 7.33. The monoisotopic (exact) mass is 321 g/mol. The molecule has 1 unspecified atom stereocenters. The van der Waals surface area contributed by atoms with Gasteiger partial charge in [0, 0.05) is 42.4 Å². The topological polar surface area (TPSA) is 66.6 Å². The molecule has 0 spiro atoms. The molecule has 2 amide bonds. The molecule has 1 saturated heterocycles. The van der Waals surface area contributed by atoms with Crippen molar-refractivity contribution >= 4 is 23.2 Å². The molecule has 1 aliphatic heterocycles. The summed E-state index contributed by atoms with van der Waals surface area (Å²) >= 11 is 1.59. The highest BCUT2D eigenvalue weighted by atomic mass is 32.1. The molecule has 1 aliphatic carbocycles. The van der Waals surface area contributed by atoms with Gasteiger partial charge in [0.1, 0.15) is 0 Å². The number of amides is 2. The number of carbonyl (C=O) groups excluding carboxylic acids is 2. The smallest absolute Gasteiger partial charge is 0.249 e. The second kappa shape index (κ2) is 6.38. The van der Waals surface area contributed by atoms with Gasteiger partial charge in [0.05, 0.1) is 5.56 Å². The average Bonchev–Trinajstić information content (AvgIpc) is 3.02. The summed E-state index contributed by atoms with van der Waals surface area (Å²) in [6.07, 6.45) is 4.62. The van der Waals surface area contributed by atoms with Crippen LogP contribution >= 0.6 is 11.3 Å². The Morgan fingerprint density at radius 3 is 2.77 bits per heavy atom. The van der Waals surface area contributed by atoms with Crippen LogP contribution in [0.4, 0.5) is 0 Å². The lowest BCUT2D eigenvalue weighted by molar-refractivity contribution is -0.130. The van der Waals surface area contributed by atoms with Gasteiger partial charge in [0.2, 0.25) is 11.8 Å². The Labute approximate surface area is 135 Å². The van der Waals surface area contributed by atoms with E-state index < -0.39 is 0 Å². The maximum absolute atomic E-state index is 11.8. The van der Waals surface area contributed by atoms with Crippen LogP contribution in [0, 0.1) is 0 Å². The molecular weight excluding hydrogens is 298 g/mol. The predicted molar refractivity (Wildman–Crippen MR) is 86.7 cm³/mol. The zero-order valence-electron chi connectivity index (χ0n) is 13.0. The first-order valence-corrected chi connectivity index (χ1v) is 8.81. The van der Waals surface area contributed by atoms with E-state index in [0.717, 1.165) is 38.9 Å². The summed E-state index contributed by atoms with van der Waals surface area (Å²) in [7, 11) is 0. The van der Waals surface area contributed by atoms with E-state index in [1.165, 1.54) is 11.3 Å². The molecule has 1 aromatic heterocycles. The van der Waals surface area contributed by atoms with Crippen molar-refractivity contribution in [1.29, 1.82) is 0 Å². The zero-order chi connectivity index (χ0) is 15.7. The van der Waals surface area contributed by atoms with E-state index in [4.69, 9.17) is 5.73 Å². The van der Waals surface area contributed by atoms with Gasteiger partial charge in [-0.15, -0.1) is 11.3 Å². The van der Waals surface area contributed by atoms with Gasteiger partial charge >= 0.3 is 0 Å². The molecule has 6 heteroatoms. The maximum Gasteiger partial charge on any atom is 0.249 e. The molecule has 1 aromatic rings. The van der Waals surface area contributed by atoms with Gasteiger partial charge in [-0.1, -0.05) is 0 Å². The minimum Gasteiger partial charge on any atom is -0.366 e. The highest BCUT2D eigenvalue weighted by Crippen LogP contribution is 2.30. The Balaban J connectivity index is 1.62. The Hall–Kier alpha value is -1.40. The molecule has 1 atom stereocenters. The fraction of sp³-hybridized carbons (Fsp3) is 0.625. The van der Waals surface area contributed by atoms with Crippen LogP contribution in [0.1, 0.15) is 47.8 Å². The molecule has 1 saturated carbocycles. The first kappa shape index (κ1) is 15.5. The molecule has 5 nitrogen and oxygen atoms in total. The number of carbonyl (C=O) groups is 2. The molecule has 3 rings (SSSR count). The summed E-state index contributed by atoms with van der Waals surface area (Å²) < 4.78 is 0. The van der Waals surface area contributed by atoms with Crippen molar-refractivity contribution in [3.8, 4) is 0 Å². The Bertz CT molecular complexity index is 567. The second-order valence-electron chi connectivity index (χ2n) is 6.34. The molecular formula is C16H23N3O2S. The van der Waals surface area contributed by atoms with Crippen LogP contribution in [0.5, 0.6) is 0 Å². The van der Waals surface area contributed by atoms with E-state index in [9.17, 15) is 9.59 Å². The van der Waals surface area contributed by atoms with Crippen LogP contribution in [-0.4, -0.2) is 46.8 Å². The van der Waals surface area contributed by atoms with E-state index >= 15 is 0 Å². The van der Waals surface area contributed by atoms with Crippen molar-refractivity contribution in [2.45, 2.75) is 51.2 Å². The summed E-state index contributed by atoms with van der Waals surface area (Å²) in [6.45, 7) is 4.42. The van der Waals surface area contributed by atoms with Crippen molar-refractivity contribution in [3.05, 3.63) is 21.9 Å². The number of thiophene rings is 1. The number of hydrogen-bond acceptors (Lipinski definition) is 4. The van der Waals surface area contributed by atoms with E-state index in [-0.39, 0.29) is 11.8 Å². The lowest BCUT2D eigenvalue weighted by Gasteiger charge is -2.30. The summed E-state index contributed by atoms with van der Waals surface area (Å²) in [4.78, 5) is 28.7. The highest BCUT2D eigenvalue weighted by molar-refractivity contribution is 7.10. The molecule has 2 heterocycles. The third-order valence-corrected chi connectivity index (χ3v) is 5.52. The number of rotatable bonds is 6. The fourth-order valence-corrected chi connectivity index (χ4v) is 4.15. The van der Waals surface area contributed by atoms with Crippen molar-refractivity contribution in [2.75, 3.05) is 13.1 Å². The van der Waals surface area contributed by atoms with E-state index in [1.54, 1.807) is 18.3 Å². The first-order chi connectivity index (χ1) is 10.5. The number of nitrogens with zero attached hydrogens (tertiary/aromatic N) is 2. The van der Waals surface area contributed by atoms with Gasteiger partial charge in [0.25, 0.3) is 0 Å². The fourth-order valence-electron chi connectivity index (χ4n) is 3.25. The summed E-state index contributed by atoms with van der Waals surface area (Å²) in [5, 5.41) is 1.83. The summed E-state index contributed by atoms with van der Waals surface area (Å²) in [6, 6.07) is 2.80. The van der Waals surface area contributed by atoms with Crippen molar-refractivity contribution in [2.24, 2.45) is 5.73 Å². The molecule has 0 bridgehead atoms. The quantitative estimate of drug-likeness (QED) is 0.869. The number of primary amides is 1. The number of nitrogens with two attached hydrogens (primary N) is 1. The van der Waals surface area contributed by atoms with Gasteiger partial charge < -0.3 is 10.6 Å². The first-order valence-electron chi connectivity index (χ1n) is 7.93. The number of likely N-dealkylation sites (tertiary alicyclic amines) is 1. The number of hydrogen-bond donors (Lipinski definition) is 1. The molecule has 0 radical (unpaired) electrons. The zero-order valence-corrected chi connectivity index (χ0v) is 13.8. The SMILES string of the molecule is CC(=O)N(CC1CCCN1Cc1cc(C(N)=O)cs1)C1CC1. The van der Waals surface area contributed by atoms with E-state index in [2.05, 4.69) is 4.90 Å². The van der Waals surface area contributed by atoms with Crippen LogP contribution in [0.15, 0.2) is 11.4 Å². The molecule has 2 N–H and O–H groups in total. The summed E-state index contributed by atoms with van der Waals surface area (Å²) in [5.41, 5.74) is 5.91. The van der Waals surface area contributed by atoms with E-state index in [1.807, 2.05) is 16.3 Å². The minimum absolute atomic E-state index is 0.196. The van der Waals surface area contributed by atoms with Gasteiger partial charge in [-0.3, -0.25) is 14.5 Å². The lowest BCUT2D eigenvalue weighted by atomic mass is 10.2.